The molecule has 1 amide bonds. The Bertz CT molecular complexity index is 1030. The summed E-state index contributed by atoms with van der Waals surface area (Å²) < 4.78 is 15.6. The van der Waals surface area contributed by atoms with Crippen molar-refractivity contribution < 1.29 is 23.5 Å². The summed E-state index contributed by atoms with van der Waals surface area (Å²) >= 11 is 0. The monoisotopic (exact) mass is 378 g/mol. The van der Waals surface area contributed by atoms with Gasteiger partial charge in [-0.15, -0.1) is 0 Å². The van der Waals surface area contributed by atoms with Crippen LogP contribution in [0, 0.1) is 11.3 Å². The zero-order valence-corrected chi connectivity index (χ0v) is 15.2. The molecule has 7 nitrogen and oxygen atoms in total. The summed E-state index contributed by atoms with van der Waals surface area (Å²) in [6, 6.07) is 14.3. The summed E-state index contributed by atoms with van der Waals surface area (Å²) in [6.07, 6.45) is 1.80. The second kappa shape index (κ2) is 8.73. The molecule has 0 aliphatic heterocycles. The van der Waals surface area contributed by atoms with Crippen LogP contribution in [0.4, 0.5) is 5.69 Å². The lowest BCUT2D eigenvalue weighted by molar-refractivity contribution is -0.146. The first-order valence-corrected chi connectivity index (χ1v) is 8.54. The van der Waals surface area contributed by atoms with Gasteiger partial charge in [-0.1, -0.05) is 12.1 Å². The van der Waals surface area contributed by atoms with Crippen LogP contribution >= 0.6 is 0 Å². The van der Waals surface area contributed by atoms with E-state index in [0.29, 0.717) is 29.0 Å². The molecule has 1 aromatic heterocycles. The number of ether oxygens (including phenoxy) is 2. The van der Waals surface area contributed by atoms with Crippen LogP contribution in [0.3, 0.4) is 0 Å². The highest BCUT2D eigenvalue weighted by Gasteiger charge is 2.14. The van der Waals surface area contributed by atoms with Gasteiger partial charge in [0.2, 0.25) is 0 Å². The number of nitrogens with one attached hydrogen (secondary N) is 1. The van der Waals surface area contributed by atoms with E-state index in [0.717, 1.165) is 10.9 Å². The number of nitrogens with zero attached hydrogens (tertiary/aromatic N) is 1. The summed E-state index contributed by atoms with van der Waals surface area (Å²) in [4.78, 5) is 24.0. The van der Waals surface area contributed by atoms with Gasteiger partial charge in [-0.25, -0.2) is 0 Å². The number of carbonyl (C=O) groups is 2. The smallest absolute Gasteiger partial charge is 0.310 e. The Morgan fingerprint density at radius 1 is 1.18 bits per heavy atom. The van der Waals surface area contributed by atoms with E-state index in [-0.39, 0.29) is 13.0 Å². The molecule has 1 N–H and O–H groups in total. The van der Waals surface area contributed by atoms with E-state index in [1.54, 1.807) is 43.5 Å². The third-order valence-electron chi connectivity index (χ3n) is 4.08. The number of carbonyl (C=O) groups excluding carboxylic acids is 2. The predicted molar refractivity (Wildman–Crippen MR) is 102 cm³/mol. The second-order valence-electron chi connectivity index (χ2n) is 6.04. The standard InChI is InChI=1S/C21H18N2O5/c1-26-17-6-7-18-15(12-27-19(18)11-17)10-21(25)28-13-20(24)23-16-4-2-14(3-5-16)8-9-22/h2-7,11-12H,8,10,13H2,1H3,(H,23,24). The minimum atomic E-state index is -0.530. The molecule has 7 heteroatoms. The summed E-state index contributed by atoms with van der Waals surface area (Å²) in [7, 11) is 1.56. The predicted octanol–water partition coefficient (Wildman–Crippen LogP) is 3.23. The molecule has 0 atom stereocenters. The molecule has 0 unspecified atom stereocenters. The van der Waals surface area contributed by atoms with Crippen molar-refractivity contribution in [1.82, 2.24) is 0 Å². The van der Waals surface area contributed by atoms with Crippen molar-refractivity contribution in [2.45, 2.75) is 12.8 Å². The molecular weight excluding hydrogens is 360 g/mol. The van der Waals surface area contributed by atoms with Crippen molar-refractivity contribution >= 4 is 28.5 Å². The zero-order valence-electron chi connectivity index (χ0n) is 15.2. The van der Waals surface area contributed by atoms with Gasteiger partial charge in [-0.2, -0.15) is 5.26 Å². The Balaban J connectivity index is 1.51. The lowest BCUT2D eigenvalue weighted by Crippen LogP contribution is -2.21. The number of amides is 1. The van der Waals surface area contributed by atoms with Crippen LogP contribution in [0.5, 0.6) is 5.75 Å². The van der Waals surface area contributed by atoms with Gasteiger partial charge in [0.05, 0.1) is 32.3 Å². The number of esters is 1. The highest BCUT2D eigenvalue weighted by Crippen LogP contribution is 2.26. The van der Waals surface area contributed by atoms with Crippen LogP contribution < -0.4 is 10.1 Å². The molecule has 0 saturated heterocycles. The van der Waals surface area contributed by atoms with Crippen molar-refractivity contribution in [3.8, 4) is 11.8 Å². The molecule has 1 heterocycles. The Morgan fingerprint density at radius 2 is 1.96 bits per heavy atom. The lowest BCUT2D eigenvalue weighted by atomic mass is 10.1. The van der Waals surface area contributed by atoms with Crippen molar-refractivity contribution in [2.24, 2.45) is 0 Å². The summed E-state index contributed by atoms with van der Waals surface area (Å²) in [6.45, 7) is -0.387. The fourth-order valence-electron chi connectivity index (χ4n) is 2.67. The first-order chi connectivity index (χ1) is 13.6. The third-order valence-corrected chi connectivity index (χ3v) is 4.08. The van der Waals surface area contributed by atoms with E-state index in [4.69, 9.17) is 19.2 Å². The average Bonchev–Trinajstić information content (AvgIpc) is 3.10. The highest BCUT2D eigenvalue weighted by atomic mass is 16.5. The quantitative estimate of drug-likeness (QED) is 0.634. The van der Waals surface area contributed by atoms with Gasteiger partial charge in [-0.3, -0.25) is 9.59 Å². The summed E-state index contributed by atoms with van der Waals surface area (Å²) in [5.74, 6) is -0.311. The largest absolute Gasteiger partial charge is 0.497 e. The Labute approximate surface area is 161 Å². The molecule has 0 spiro atoms. The van der Waals surface area contributed by atoms with E-state index in [1.807, 2.05) is 6.07 Å². The molecule has 0 radical (unpaired) electrons. The van der Waals surface area contributed by atoms with Crippen molar-refractivity contribution in [3.05, 3.63) is 59.9 Å². The molecule has 28 heavy (non-hydrogen) atoms. The highest BCUT2D eigenvalue weighted by molar-refractivity contribution is 5.93. The fourth-order valence-corrected chi connectivity index (χ4v) is 2.67. The van der Waals surface area contributed by atoms with E-state index in [2.05, 4.69) is 11.4 Å². The first kappa shape index (κ1) is 19.0. The molecule has 142 valence electrons. The SMILES string of the molecule is COc1ccc2c(CC(=O)OCC(=O)Nc3ccc(CC#N)cc3)coc2c1. The number of methoxy groups -OCH3 is 1. The van der Waals surface area contributed by atoms with Gasteiger partial charge >= 0.3 is 5.97 Å². The van der Waals surface area contributed by atoms with E-state index in [1.165, 1.54) is 6.26 Å². The maximum absolute atomic E-state index is 12.1. The van der Waals surface area contributed by atoms with Gasteiger partial charge in [0.15, 0.2) is 6.61 Å². The van der Waals surface area contributed by atoms with Crippen molar-refractivity contribution in [2.75, 3.05) is 19.0 Å². The number of anilines is 1. The molecule has 3 rings (SSSR count). The van der Waals surface area contributed by atoms with Crippen LogP contribution in [-0.2, 0) is 27.2 Å². The van der Waals surface area contributed by atoms with Gasteiger partial charge in [-0.05, 0) is 29.8 Å². The maximum Gasteiger partial charge on any atom is 0.310 e. The number of fused-ring (bicyclic) bond motifs is 1. The maximum atomic E-state index is 12.1. The van der Waals surface area contributed by atoms with Gasteiger partial charge < -0.3 is 19.2 Å². The van der Waals surface area contributed by atoms with E-state index < -0.39 is 11.9 Å². The third kappa shape index (κ3) is 4.68. The molecule has 0 saturated carbocycles. The Morgan fingerprint density at radius 3 is 2.68 bits per heavy atom. The molecule has 0 aliphatic rings. The van der Waals surface area contributed by atoms with Gasteiger partial charge in [0, 0.05) is 22.7 Å². The minimum absolute atomic E-state index is 0.00450. The number of hydrogen-bond donors (Lipinski definition) is 1. The number of hydrogen-bond acceptors (Lipinski definition) is 6. The summed E-state index contributed by atoms with van der Waals surface area (Å²) in [5.41, 5.74) is 2.71. The normalized spacial score (nSPS) is 10.3. The van der Waals surface area contributed by atoms with Crippen molar-refractivity contribution in [3.63, 3.8) is 0 Å². The molecule has 0 bridgehead atoms. The van der Waals surface area contributed by atoms with Gasteiger partial charge in [0.1, 0.15) is 11.3 Å². The molecule has 3 aromatic rings. The minimum Gasteiger partial charge on any atom is -0.497 e. The Kier molecular flexibility index (Phi) is 5.92. The number of furan rings is 1. The van der Waals surface area contributed by atoms with Gasteiger partial charge in [0.25, 0.3) is 5.91 Å². The summed E-state index contributed by atoms with van der Waals surface area (Å²) in [5, 5.41) is 12.1. The average molecular weight is 378 g/mol. The van der Waals surface area contributed by atoms with E-state index >= 15 is 0 Å². The van der Waals surface area contributed by atoms with Crippen LogP contribution in [0.15, 0.2) is 53.1 Å². The van der Waals surface area contributed by atoms with Crippen LogP contribution in [-0.4, -0.2) is 25.6 Å². The number of rotatable bonds is 7. The molecule has 0 fully saturated rings. The zero-order chi connectivity index (χ0) is 19.9. The molecule has 0 aliphatic carbocycles. The Hall–Kier alpha value is -3.79. The van der Waals surface area contributed by atoms with E-state index in [9.17, 15) is 9.59 Å². The van der Waals surface area contributed by atoms with Crippen LogP contribution in [0.25, 0.3) is 11.0 Å². The second-order valence-corrected chi connectivity index (χ2v) is 6.04. The fraction of sp³-hybridized carbons (Fsp3) is 0.190. The molecule has 2 aromatic carbocycles. The topological polar surface area (TPSA) is 102 Å². The van der Waals surface area contributed by atoms with Crippen molar-refractivity contribution in [1.29, 1.82) is 5.26 Å². The van der Waals surface area contributed by atoms with Crippen LogP contribution in [0.1, 0.15) is 11.1 Å². The number of nitriles is 1. The lowest BCUT2D eigenvalue weighted by Gasteiger charge is -2.07. The number of benzene rings is 2. The molecular formula is C21H18N2O5. The van der Waals surface area contributed by atoms with Crippen LogP contribution in [0.2, 0.25) is 0 Å². The first-order valence-electron chi connectivity index (χ1n) is 8.54.